The molecule has 2 aromatic rings. The molecule has 2 rings (SSSR count). The molecule has 1 unspecified atom stereocenters. The minimum absolute atomic E-state index is 0.112. The van der Waals surface area contributed by atoms with Gasteiger partial charge in [-0.05, 0) is 44.0 Å². The van der Waals surface area contributed by atoms with E-state index in [1.807, 2.05) is 17.7 Å². The van der Waals surface area contributed by atoms with Crippen molar-refractivity contribution >= 4 is 0 Å². The molecule has 0 fully saturated rings. The van der Waals surface area contributed by atoms with Gasteiger partial charge in [-0.3, -0.25) is 4.79 Å². The van der Waals surface area contributed by atoms with Gasteiger partial charge in [0.05, 0.1) is 5.69 Å². The van der Waals surface area contributed by atoms with Gasteiger partial charge in [-0.1, -0.05) is 44.2 Å². The van der Waals surface area contributed by atoms with Gasteiger partial charge in [-0.25, -0.2) is 0 Å². The average molecular weight is 298 g/mol. The van der Waals surface area contributed by atoms with Crippen molar-refractivity contribution in [3.05, 3.63) is 57.9 Å². The summed E-state index contributed by atoms with van der Waals surface area (Å²) in [6, 6.07) is 12.7. The van der Waals surface area contributed by atoms with E-state index in [0.717, 1.165) is 29.7 Å². The number of nitrogens with one attached hydrogen (secondary N) is 1. The Labute approximate surface area is 133 Å². The van der Waals surface area contributed by atoms with Crippen LogP contribution in [0.25, 0.3) is 11.3 Å². The standard InChI is InChI=1S/C19H26N2O/c1-5-14(3)21-18(12-11-17(13-20-4)19(21)22)16-9-7-15(6-2)8-10-16/h7-12,14,20H,5-6,13H2,1-4H3. The van der Waals surface area contributed by atoms with E-state index in [4.69, 9.17) is 0 Å². The molecule has 22 heavy (non-hydrogen) atoms. The molecular weight excluding hydrogens is 272 g/mol. The molecule has 3 heteroatoms. The zero-order valence-corrected chi connectivity index (χ0v) is 14.0. The van der Waals surface area contributed by atoms with Crippen molar-refractivity contribution in [1.82, 2.24) is 9.88 Å². The monoisotopic (exact) mass is 298 g/mol. The van der Waals surface area contributed by atoms with E-state index in [9.17, 15) is 4.79 Å². The highest BCUT2D eigenvalue weighted by molar-refractivity contribution is 5.60. The lowest BCUT2D eigenvalue weighted by Crippen LogP contribution is -2.29. The highest BCUT2D eigenvalue weighted by Crippen LogP contribution is 2.23. The maximum absolute atomic E-state index is 12.8. The molecule has 1 atom stereocenters. The van der Waals surface area contributed by atoms with Crippen molar-refractivity contribution in [3.63, 3.8) is 0 Å². The maximum atomic E-state index is 12.8. The van der Waals surface area contributed by atoms with E-state index in [-0.39, 0.29) is 11.6 Å². The molecule has 0 aliphatic carbocycles. The van der Waals surface area contributed by atoms with E-state index < -0.39 is 0 Å². The Bertz CT molecular complexity index is 671. The van der Waals surface area contributed by atoms with E-state index in [0.29, 0.717) is 6.54 Å². The number of hydrogen-bond acceptors (Lipinski definition) is 2. The molecule has 1 heterocycles. The SMILES string of the molecule is CCc1ccc(-c2ccc(CNC)c(=O)n2C(C)CC)cc1. The van der Waals surface area contributed by atoms with Crippen LogP contribution < -0.4 is 10.9 Å². The number of pyridine rings is 1. The first-order valence-electron chi connectivity index (χ1n) is 8.10. The van der Waals surface area contributed by atoms with E-state index in [2.05, 4.69) is 56.4 Å². The van der Waals surface area contributed by atoms with Crippen LogP contribution in [0.4, 0.5) is 0 Å². The van der Waals surface area contributed by atoms with E-state index in [1.165, 1.54) is 5.56 Å². The van der Waals surface area contributed by atoms with Gasteiger partial charge in [-0.2, -0.15) is 0 Å². The highest BCUT2D eigenvalue weighted by Gasteiger charge is 2.14. The Kier molecular flexibility index (Phi) is 5.56. The summed E-state index contributed by atoms with van der Waals surface area (Å²) in [4.78, 5) is 12.8. The molecule has 0 saturated carbocycles. The molecule has 0 aliphatic rings. The summed E-state index contributed by atoms with van der Waals surface area (Å²) in [5.41, 5.74) is 4.35. The fourth-order valence-corrected chi connectivity index (χ4v) is 2.69. The first-order chi connectivity index (χ1) is 10.6. The third-order valence-corrected chi connectivity index (χ3v) is 4.25. The molecule has 0 amide bonds. The molecule has 0 spiro atoms. The van der Waals surface area contributed by atoms with Gasteiger partial charge < -0.3 is 9.88 Å². The Morgan fingerprint density at radius 2 is 1.77 bits per heavy atom. The van der Waals surface area contributed by atoms with Crippen LogP contribution in [0.15, 0.2) is 41.2 Å². The third kappa shape index (κ3) is 3.30. The zero-order valence-electron chi connectivity index (χ0n) is 14.0. The molecule has 0 aliphatic heterocycles. The largest absolute Gasteiger partial charge is 0.315 e. The number of rotatable bonds is 6. The Hall–Kier alpha value is -1.87. The van der Waals surface area contributed by atoms with Crippen molar-refractivity contribution < 1.29 is 0 Å². The first-order valence-corrected chi connectivity index (χ1v) is 8.10. The second-order valence-electron chi connectivity index (χ2n) is 5.76. The van der Waals surface area contributed by atoms with Crippen LogP contribution in [0.1, 0.15) is 44.4 Å². The van der Waals surface area contributed by atoms with Crippen molar-refractivity contribution in [3.8, 4) is 11.3 Å². The van der Waals surface area contributed by atoms with E-state index in [1.54, 1.807) is 0 Å². The Morgan fingerprint density at radius 1 is 1.09 bits per heavy atom. The predicted molar refractivity (Wildman–Crippen MR) is 93.3 cm³/mol. The van der Waals surface area contributed by atoms with Crippen LogP contribution in [0, 0.1) is 0 Å². The van der Waals surface area contributed by atoms with Crippen LogP contribution in [-0.2, 0) is 13.0 Å². The fraction of sp³-hybridized carbons (Fsp3) is 0.421. The normalized spacial score (nSPS) is 12.4. The van der Waals surface area contributed by atoms with Crippen LogP contribution >= 0.6 is 0 Å². The Morgan fingerprint density at radius 3 is 2.32 bits per heavy atom. The summed E-state index contributed by atoms with van der Waals surface area (Å²) < 4.78 is 1.94. The van der Waals surface area contributed by atoms with Crippen molar-refractivity contribution in [1.29, 1.82) is 0 Å². The van der Waals surface area contributed by atoms with Gasteiger partial charge in [0.1, 0.15) is 0 Å². The first kappa shape index (κ1) is 16.5. The lowest BCUT2D eigenvalue weighted by Gasteiger charge is -2.20. The molecule has 3 nitrogen and oxygen atoms in total. The lowest BCUT2D eigenvalue weighted by molar-refractivity contribution is 0.515. The zero-order chi connectivity index (χ0) is 16.1. The van der Waals surface area contributed by atoms with Gasteiger partial charge in [0, 0.05) is 18.2 Å². The van der Waals surface area contributed by atoms with E-state index >= 15 is 0 Å². The second kappa shape index (κ2) is 7.41. The van der Waals surface area contributed by atoms with Crippen LogP contribution in [-0.4, -0.2) is 11.6 Å². The van der Waals surface area contributed by atoms with Gasteiger partial charge in [0.15, 0.2) is 0 Å². The second-order valence-corrected chi connectivity index (χ2v) is 5.76. The number of aromatic nitrogens is 1. The van der Waals surface area contributed by atoms with Crippen LogP contribution in [0.3, 0.4) is 0 Å². The fourth-order valence-electron chi connectivity index (χ4n) is 2.69. The summed E-state index contributed by atoms with van der Waals surface area (Å²) >= 11 is 0. The summed E-state index contributed by atoms with van der Waals surface area (Å²) in [5, 5.41) is 3.07. The van der Waals surface area contributed by atoms with Gasteiger partial charge in [0.25, 0.3) is 5.56 Å². The molecule has 1 aromatic heterocycles. The molecule has 0 radical (unpaired) electrons. The lowest BCUT2D eigenvalue weighted by atomic mass is 10.0. The number of nitrogens with zero attached hydrogens (tertiary/aromatic N) is 1. The summed E-state index contributed by atoms with van der Waals surface area (Å²) in [6.45, 7) is 6.97. The van der Waals surface area contributed by atoms with Crippen molar-refractivity contribution in [2.45, 2.75) is 46.2 Å². The van der Waals surface area contributed by atoms with Gasteiger partial charge in [0.2, 0.25) is 0 Å². The topological polar surface area (TPSA) is 34.0 Å². The number of hydrogen-bond donors (Lipinski definition) is 1. The third-order valence-electron chi connectivity index (χ3n) is 4.25. The smallest absolute Gasteiger partial charge is 0.255 e. The van der Waals surface area contributed by atoms with Crippen molar-refractivity contribution in [2.75, 3.05) is 7.05 Å². The molecule has 0 bridgehead atoms. The summed E-state index contributed by atoms with van der Waals surface area (Å²) in [7, 11) is 1.87. The highest BCUT2D eigenvalue weighted by atomic mass is 16.1. The molecule has 1 aromatic carbocycles. The van der Waals surface area contributed by atoms with Gasteiger partial charge >= 0.3 is 0 Å². The van der Waals surface area contributed by atoms with Crippen molar-refractivity contribution in [2.24, 2.45) is 0 Å². The summed E-state index contributed by atoms with van der Waals surface area (Å²) in [6.07, 6.45) is 1.96. The molecular formula is C19H26N2O. The minimum atomic E-state index is 0.112. The number of aryl methyl sites for hydroxylation is 1. The Balaban J connectivity index is 2.58. The number of benzene rings is 1. The predicted octanol–water partition coefficient (Wildman–Crippen LogP) is 3.77. The van der Waals surface area contributed by atoms with Gasteiger partial charge in [-0.15, -0.1) is 0 Å². The molecule has 118 valence electrons. The van der Waals surface area contributed by atoms with Crippen LogP contribution in [0.5, 0.6) is 0 Å². The maximum Gasteiger partial charge on any atom is 0.255 e. The molecule has 1 N–H and O–H groups in total. The minimum Gasteiger partial charge on any atom is -0.315 e. The van der Waals surface area contributed by atoms with Crippen LogP contribution in [0.2, 0.25) is 0 Å². The summed E-state index contributed by atoms with van der Waals surface area (Å²) in [5.74, 6) is 0. The molecule has 0 saturated heterocycles. The average Bonchev–Trinajstić information content (AvgIpc) is 2.56. The quantitative estimate of drug-likeness (QED) is 0.881.